The molecule has 0 spiro atoms. The molecule has 3 heterocycles. The maximum Gasteiger partial charge on any atom is 0.350 e. The first-order chi connectivity index (χ1) is 10.8. The minimum absolute atomic E-state index is 0.131. The molecule has 0 fully saturated rings. The summed E-state index contributed by atoms with van der Waals surface area (Å²) >= 11 is 1.47. The van der Waals surface area contributed by atoms with Crippen molar-refractivity contribution in [1.29, 1.82) is 0 Å². The zero-order valence-corrected chi connectivity index (χ0v) is 12.4. The third-order valence-corrected chi connectivity index (χ3v) is 4.10. The van der Waals surface area contributed by atoms with Gasteiger partial charge in [-0.05, 0) is 24.3 Å². The van der Waals surface area contributed by atoms with Gasteiger partial charge in [-0.25, -0.2) is 14.5 Å². The molecule has 0 aliphatic carbocycles. The number of aromatic nitrogens is 4. The molecule has 0 unspecified atom stereocenters. The second-order valence-corrected chi connectivity index (χ2v) is 5.78. The summed E-state index contributed by atoms with van der Waals surface area (Å²) in [6.07, 6.45) is 1.72. The Hall–Kier alpha value is -2.54. The van der Waals surface area contributed by atoms with E-state index in [1.165, 1.54) is 20.8 Å². The Morgan fingerprint density at radius 3 is 2.86 bits per heavy atom. The van der Waals surface area contributed by atoms with E-state index in [1.54, 1.807) is 6.20 Å². The average molecular weight is 312 g/mol. The second-order valence-electron chi connectivity index (χ2n) is 4.73. The topological polar surface area (TPSA) is 65.3 Å². The normalized spacial score (nSPS) is 11.5. The average Bonchev–Trinajstić information content (AvgIpc) is 3.09. The summed E-state index contributed by atoms with van der Waals surface area (Å²) in [7, 11) is 0. The van der Waals surface area contributed by atoms with Gasteiger partial charge >= 0.3 is 5.69 Å². The van der Waals surface area contributed by atoms with Gasteiger partial charge < -0.3 is 4.42 Å². The molecule has 1 aromatic carbocycles. The fourth-order valence-corrected chi connectivity index (χ4v) is 3.00. The third kappa shape index (κ3) is 2.29. The highest BCUT2D eigenvalue weighted by Crippen LogP contribution is 2.22. The molecule has 22 heavy (non-hydrogen) atoms. The molecule has 0 aliphatic rings. The molecular weight excluding hydrogens is 300 g/mol. The summed E-state index contributed by atoms with van der Waals surface area (Å²) in [4.78, 5) is 16.5. The molecule has 0 N–H and O–H groups in total. The van der Waals surface area contributed by atoms with E-state index in [4.69, 9.17) is 4.42 Å². The van der Waals surface area contributed by atoms with Gasteiger partial charge in [0.05, 0.1) is 6.54 Å². The van der Waals surface area contributed by atoms with Crippen LogP contribution in [0.4, 0.5) is 0 Å². The smallest absolute Gasteiger partial charge is 0.350 e. The fourth-order valence-electron chi connectivity index (χ4n) is 2.25. The minimum atomic E-state index is -0.131. The lowest BCUT2D eigenvalue weighted by Gasteiger charge is -1.96. The maximum absolute atomic E-state index is 12.1. The van der Waals surface area contributed by atoms with Gasteiger partial charge in [-0.1, -0.05) is 30.0 Å². The van der Waals surface area contributed by atoms with Crippen molar-refractivity contribution in [3.8, 4) is 0 Å². The van der Waals surface area contributed by atoms with E-state index in [-0.39, 0.29) is 5.69 Å². The van der Waals surface area contributed by atoms with Gasteiger partial charge in [0.25, 0.3) is 5.22 Å². The Morgan fingerprint density at radius 1 is 1.14 bits per heavy atom. The first kappa shape index (κ1) is 13.1. The molecule has 0 bridgehead atoms. The van der Waals surface area contributed by atoms with E-state index in [0.29, 0.717) is 23.2 Å². The van der Waals surface area contributed by atoms with Crippen LogP contribution in [0.15, 0.2) is 63.1 Å². The molecule has 110 valence electrons. The fraction of sp³-hybridized carbons (Fsp3) is 0.133. The Bertz CT molecular complexity index is 968. The highest BCUT2D eigenvalue weighted by atomic mass is 32.2. The standard InChI is InChI=1S/C15H12N4O2S/c20-15-18-8-4-3-7-13(18)17-19(15)9-10-22-14-16-11-5-1-2-6-12(11)21-14/h1-8H,9-10H2. The van der Waals surface area contributed by atoms with Gasteiger partial charge in [0.15, 0.2) is 11.2 Å². The Labute approximate surface area is 129 Å². The summed E-state index contributed by atoms with van der Waals surface area (Å²) in [5, 5.41) is 4.90. The summed E-state index contributed by atoms with van der Waals surface area (Å²) in [5.74, 6) is 0.663. The molecular formula is C15H12N4O2S. The molecule has 3 aromatic heterocycles. The first-order valence-corrected chi connectivity index (χ1v) is 7.82. The number of oxazole rings is 1. The van der Waals surface area contributed by atoms with Crippen molar-refractivity contribution in [3.05, 3.63) is 59.1 Å². The number of benzene rings is 1. The van der Waals surface area contributed by atoms with E-state index in [1.807, 2.05) is 42.5 Å². The van der Waals surface area contributed by atoms with Gasteiger partial charge in [-0.3, -0.25) is 4.40 Å². The van der Waals surface area contributed by atoms with E-state index >= 15 is 0 Å². The molecule has 6 nitrogen and oxygen atoms in total. The van der Waals surface area contributed by atoms with E-state index in [0.717, 1.165) is 11.1 Å². The third-order valence-electron chi connectivity index (χ3n) is 3.29. The van der Waals surface area contributed by atoms with Crippen LogP contribution in [0.2, 0.25) is 0 Å². The van der Waals surface area contributed by atoms with Crippen LogP contribution in [0.3, 0.4) is 0 Å². The van der Waals surface area contributed by atoms with Crippen molar-refractivity contribution in [3.63, 3.8) is 0 Å². The van der Waals surface area contributed by atoms with Gasteiger partial charge in [-0.2, -0.15) is 0 Å². The number of pyridine rings is 1. The molecule has 0 aliphatic heterocycles. The predicted octanol–water partition coefficient (Wildman–Crippen LogP) is 2.43. The van der Waals surface area contributed by atoms with Crippen LogP contribution >= 0.6 is 11.8 Å². The Kier molecular flexibility index (Phi) is 3.19. The Morgan fingerprint density at radius 2 is 2.00 bits per heavy atom. The zero-order chi connectivity index (χ0) is 14.9. The molecule has 0 atom stereocenters. The number of thioether (sulfide) groups is 1. The summed E-state index contributed by atoms with van der Waals surface area (Å²) < 4.78 is 8.63. The van der Waals surface area contributed by atoms with Crippen molar-refractivity contribution in [1.82, 2.24) is 19.2 Å². The zero-order valence-electron chi connectivity index (χ0n) is 11.5. The lowest BCUT2D eigenvalue weighted by Crippen LogP contribution is -2.21. The molecule has 0 saturated carbocycles. The van der Waals surface area contributed by atoms with E-state index in [9.17, 15) is 4.79 Å². The number of fused-ring (bicyclic) bond motifs is 2. The monoisotopic (exact) mass is 312 g/mol. The second kappa shape index (κ2) is 5.34. The van der Waals surface area contributed by atoms with E-state index < -0.39 is 0 Å². The summed E-state index contributed by atoms with van der Waals surface area (Å²) in [5.41, 5.74) is 2.14. The number of rotatable bonds is 4. The van der Waals surface area contributed by atoms with Crippen LogP contribution in [0.1, 0.15) is 0 Å². The molecule has 7 heteroatoms. The van der Waals surface area contributed by atoms with Crippen LogP contribution < -0.4 is 5.69 Å². The minimum Gasteiger partial charge on any atom is -0.431 e. The first-order valence-electron chi connectivity index (χ1n) is 6.84. The van der Waals surface area contributed by atoms with Crippen LogP contribution in [0.5, 0.6) is 0 Å². The highest BCUT2D eigenvalue weighted by Gasteiger charge is 2.08. The van der Waals surface area contributed by atoms with E-state index in [2.05, 4.69) is 10.1 Å². The lowest BCUT2D eigenvalue weighted by molar-refractivity contribution is 0.488. The molecule has 0 saturated heterocycles. The van der Waals surface area contributed by atoms with Crippen LogP contribution in [0.25, 0.3) is 16.7 Å². The van der Waals surface area contributed by atoms with Crippen molar-refractivity contribution < 1.29 is 4.42 Å². The van der Waals surface area contributed by atoms with Crippen molar-refractivity contribution in [2.75, 3.05) is 5.75 Å². The summed E-state index contributed by atoms with van der Waals surface area (Å²) in [6, 6.07) is 13.1. The number of hydrogen-bond acceptors (Lipinski definition) is 5. The van der Waals surface area contributed by atoms with Crippen molar-refractivity contribution >= 4 is 28.5 Å². The highest BCUT2D eigenvalue weighted by molar-refractivity contribution is 7.99. The largest absolute Gasteiger partial charge is 0.431 e. The number of aryl methyl sites for hydroxylation is 1. The maximum atomic E-state index is 12.1. The lowest BCUT2D eigenvalue weighted by atomic mass is 10.3. The van der Waals surface area contributed by atoms with Gasteiger partial charge in [0.2, 0.25) is 0 Å². The summed E-state index contributed by atoms with van der Waals surface area (Å²) in [6.45, 7) is 0.504. The molecule has 0 amide bonds. The molecule has 4 rings (SSSR count). The SMILES string of the molecule is O=c1n(CCSc2nc3ccccc3o2)nc2ccccn12. The van der Waals surface area contributed by atoms with Gasteiger partial charge in [-0.15, -0.1) is 5.10 Å². The number of hydrogen-bond donors (Lipinski definition) is 0. The predicted molar refractivity (Wildman–Crippen MR) is 84.2 cm³/mol. The Balaban J connectivity index is 1.50. The molecule has 0 radical (unpaired) electrons. The number of para-hydroxylation sites is 2. The van der Waals surface area contributed by atoms with Crippen LogP contribution in [-0.2, 0) is 6.54 Å². The van der Waals surface area contributed by atoms with Gasteiger partial charge in [0, 0.05) is 11.9 Å². The quantitative estimate of drug-likeness (QED) is 0.542. The van der Waals surface area contributed by atoms with Crippen molar-refractivity contribution in [2.24, 2.45) is 0 Å². The van der Waals surface area contributed by atoms with Crippen molar-refractivity contribution in [2.45, 2.75) is 11.8 Å². The number of nitrogens with zero attached hydrogens (tertiary/aromatic N) is 4. The van der Waals surface area contributed by atoms with Gasteiger partial charge in [0.1, 0.15) is 5.52 Å². The van der Waals surface area contributed by atoms with Crippen LogP contribution in [-0.4, -0.2) is 24.9 Å². The molecule has 4 aromatic rings. The van der Waals surface area contributed by atoms with Crippen LogP contribution in [0, 0.1) is 0 Å².